The molecule has 0 aliphatic carbocycles. The molecule has 1 nitrogen and oxygen atoms in total. The third kappa shape index (κ3) is 5.33. The molecule has 0 spiro atoms. The predicted octanol–water partition coefficient (Wildman–Crippen LogP) is 15.1. The molecule has 0 saturated carbocycles. The molecular weight excluding hydrogens is 651 g/mol. The molecule has 0 unspecified atom stereocenters. The van der Waals surface area contributed by atoms with Gasteiger partial charge in [-0.05, 0) is 114 Å². The van der Waals surface area contributed by atoms with Crippen molar-refractivity contribution in [3.8, 4) is 33.4 Å². The maximum atomic E-state index is 2.43. The minimum absolute atomic E-state index is 1.12. The van der Waals surface area contributed by atoms with E-state index in [-0.39, 0.29) is 0 Å². The van der Waals surface area contributed by atoms with Gasteiger partial charge in [-0.25, -0.2) is 0 Å². The topological polar surface area (TPSA) is 3.24 Å². The molecule has 254 valence electrons. The Labute approximate surface area is 316 Å². The fraction of sp³-hybridized carbons (Fsp3) is 0.0189. The number of aryl methyl sites for hydroxylation is 1. The molecule has 54 heavy (non-hydrogen) atoms. The highest BCUT2D eigenvalue weighted by molar-refractivity contribution is 6.33. The van der Waals surface area contributed by atoms with E-state index in [9.17, 15) is 0 Å². The second-order valence-electron chi connectivity index (χ2n) is 14.1. The first-order valence-electron chi connectivity index (χ1n) is 18.7. The van der Waals surface area contributed by atoms with Crippen LogP contribution >= 0.6 is 0 Å². The van der Waals surface area contributed by atoms with Crippen LogP contribution in [-0.4, -0.2) is 0 Å². The average molecular weight is 688 g/mol. The van der Waals surface area contributed by atoms with Gasteiger partial charge in [0, 0.05) is 16.8 Å². The molecule has 0 atom stereocenters. The lowest BCUT2D eigenvalue weighted by atomic mass is 9.81. The molecule has 10 aromatic carbocycles. The monoisotopic (exact) mass is 687 g/mol. The summed E-state index contributed by atoms with van der Waals surface area (Å²) in [4.78, 5) is 2.42. The second kappa shape index (κ2) is 13.2. The van der Waals surface area contributed by atoms with Crippen LogP contribution in [0.2, 0.25) is 0 Å². The molecule has 0 bridgehead atoms. The van der Waals surface area contributed by atoms with Crippen LogP contribution in [0.3, 0.4) is 0 Å². The van der Waals surface area contributed by atoms with Gasteiger partial charge in [0.05, 0.1) is 5.69 Å². The van der Waals surface area contributed by atoms with Crippen LogP contribution in [-0.2, 0) is 0 Å². The van der Waals surface area contributed by atoms with Crippen LogP contribution in [0.15, 0.2) is 206 Å². The third-order valence-electron chi connectivity index (χ3n) is 10.9. The van der Waals surface area contributed by atoms with Gasteiger partial charge in [-0.2, -0.15) is 0 Å². The molecular formula is C53H37N. The van der Waals surface area contributed by atoms with E-state index < -0.39 is 0 Å². The zero-order chi connectivity index (χ0) is 36.0. The molecule has 10 rings (SSSR count). The first kappa shape index (κ1) is 31.7. The summed E-state index contributed by atoms with van der Waals surface area (Å²) in [5.41, 5.74) is 12.0. The molecule has 0 fully saturated rings. The van der Waals surface area contributed by atoms with Crippen LogP contribution in [0.4, 0.5) is 17.1 Å². The summed E-state index contributed by atoms with van der Waals surface area (Å²) in [6, 6.07) is 75.5. The van der Waals surface area contributed by atoms with E-state index in [0.717, 1.165) is 17.1 Å². The van der Waals surface area contributed by atoms with Gasteiger partial charge in [0.1, 0.15) is 0 Å². The summed E-state index contributed by atoms with van der Waals surface area (Å²) >= 11 is 0. The number of benzene rings is 10. The zero-order valence-corrected chi connectivity index (χ0v) is 30.1. The van der Waals surface area contributed by atoms with E-state index in [2.05, 4.69) is 218 Å². The van der Waals surface area contributed by atoms with Crippen LogP contribution in [0, 0.1) is 6.92 Å². The molecule has 0 aliphatic rings. The molecule has 0 N–H and O–H groups in total. The third-order valence-corrected chi connectivity index (χ3v) is 10.9. The van der Waals surface area contributed by atoms with Gasteiger partial charge in [0.15, 0.2) is 0 Å². The maximum absolute atomic E-state index is 2.43. The number of fused-ring (bicyclic) bond motifs is 7. The highest BCUT2D eigenvalue weighted by Gasteiger charge is 2.23. The van der Waals surface area contributed by atoms with Crippen molar-refractivity contribution >= 4 is 60.2 Å². The first-order chi connectivity index (χ1) is 26.7. The summed E-state index contributed by atoms with van der Waals surface area (Å²) in [5, 5.41) is 9.95. The summed E-state index contributed by atoms with van der Waals surface area (Å²) in [6.07, 6.45) is 0. The van der Waals surface area contributed by atoms with Crippen molar-refractivity contribution in [1.82, 2.24) is 0 Å². The Hall–Kier alpha value is -6.96. The van der Waals surface area contributed by atoms with Crippen molar-refractivity contribution < 1.29 is 0 Å². The standard InChI is InChI=1S/C53H37N/c1-36-28-30-41(31-29-36)54(50-27-15-23-37-20-11-12-24-43(37)50)42-32-33-46-49(34-42)44-25-13-14-26-45(44)52-48(39-18-7-3-8-19-39)35-47(38-16-5-2-6-17-38)51(53(46)52)40-21-9-4-10-22-40/h2-35H,1H3. The summed E-state index contributed by atoms with van der Waals surface area (Å²) in [6.45, 7) is 2.15. The Kier molecular flexibility index (Phi) is 7.78. The number of hydrogen-bond donors (Lipinski definition) is 0. The Bertz CT molecular complexity index is 2960. The maximum Gasteiger partial charge on any atom is 0.0540 e. The minimum Gasteiger partial charge on any atom is -0.310 e. The van der Waals surface area contributed by atoms with Crippen molar-refractivity contribution in [2.45, 2.75) is 6.92 Å². The SMILES string of the molecule is Cc1ccc(N(c2ccc3c(c2)c2ccccc2c2c(-c4ccccc4)cc(-c4ccccc4)c(-c4ccccc4)c32)c2cccc3ccccc23)cc1. The van der Waals surface area contributed by atoms with Crippen molar-refractivity contribution in [1.29, 1.82) is 0 Å². The second-order valence-corrected chi connectivity index (χ2v) is 14.1. The van der Waals surface area contributed by atoms with Gasteiger partial charge in [0.2, 0.25) is 0 Å². The normalized spacial score (nSPS) is 11.4. The summed E-state index contributed by atoms with van der Waals surface area (Å²) in [7, 11) is 0. The lowest BCUT2D eigenvalue weighted by Crippen LogP contribution is -2.10. The largest absolute Gasteiger partial charge is 0.310 e. The summed E-state index contributed by atoms with van der Waals surface area (Å²) in [5.74, 6) is 0. The smallest absolute Gasteiger partial charge is 0.0540 e. The molecule has 0 aromatic heterocycles. The van der Waals surface area contributed by atoms with E-state index in [1.807, 2.05) is 0 Å². The number of nitrogens with zero attached hydrogens (tertiary/aromatic N) is 1. The summed E-state index contributed by atoms with van der Waals surface area (Å²) < 4.78 is 0. The van der Waals surface area contributed by atoms with Gasteiger partial charge in [-0.3, -0.25) is 0 Å². The fourth-order valence-electron chi connectivity index (χ4n) is 8.40. The number of hydrogen-bond acceptors (Lipinski definition) is 1. The van der Waals surface area contributed by atoms with Gasteiger partial charge < -0.3 is 4.90 Å². The van der Waals surface area contributed by atoms with Crippen LogP contribution < -0.4 is 4.90 Å². The molecule has 1 heteroatoms. The zero-order valence-electron chi connectivity index (χ0n) is 30.1. The molecule has 0 amide bonds. The average Bonchev–Trinajstić information content (AvgIpc) is 3.25. The van der Waals surface area contributed by atoms with Crippen LogP contribution in [0.25, 0.3) is 76.5 Å². The van der Waals surface area contributed by atoms with E-state index in [1.54, 1.807) is 0 Å². The van der Waals surface area contributed by atoms with Crippen molar-refractivity contribution in [3.63, 3.8) is 0 Å². The van der Waals surface area contributed by atoms with Crippen LogP contribution in [0.5, 0.6) is 0 Å². The Morgan fingerprint density at radius 1 is 0.333 bits per heavy atom. The van der Waals surface area contributed by atoms with E-state index in [4.69, 9.17) is 0 Å². The molecule has 0 radical (unpaired) electrons. The lowest BCUT2D eigenvalue weighted by Gasteiger charge is -2.28. The highest BCUT2D eigenvalue weighted by atomic mass is 15.1. The molecule has 0 heterocycles. The van der Waals surface area contributed by atoms with Gasteiger partial charge in [0.25, 0.3) is 0 Å². The Balaban J connectivity index is 1.37. The predicted molar refractivity (Wildman–Crippen MR) is 232 cm³/mol. The molecule has 0 saturated heterocycles. The van der Waals surface area contributed by atoms with Crippen LogP contribution in [0.1, 0.15) is 5.56 Å². The lowest BCUT2D eigenvalue weighted by molar-refractivity contribution is 1.29. The van der Waals surface area contributed by atoms with Gasteiger partial charge in [-0.1, -0.05) is 175 Å². The van der Waals surface area contributed by atoms with Crippen molar-refractivity contribution in [2.75, 3.05) is 4.90 Å². The Morgan fingerprint density at radius 3 is 1.57 bits per heavy atom. The van der Waals surface area contributed by atoms with E-state index >= 15 is 0 Å². The fourth-order valence-corrected chi connectivity index (χ4v) is 8.40. The quantitative estimate of drug-likeness (QED) is 0.157. The number of anilines is 3. The molecule has 0 aliphatic heterocycles. The van der Waals surface area contributed by atoms with E-state index in [0.29, 0.717) is 0 Å². The van der Waals surface area contributed by atoms with Gasteiger partial charge >= 0.3 is 0 Å². The molecule has 10 aromatic rings. The number of rotatable bonds is 6. The van der Waals surface area contributed by atoms with Crippen molar-refractivity contribution in [2.24, 2.45) is 0 Å². The van der Waals surface area contributed by atoms with Crippen molar-refractivity contribution in [3.05, 3.63) is 212 Å². The first-order valence-corrected chi connectivity index (χ1v) is 18.7. The highest BCUT2D eigenvalue weighted by Crippen LogP contribution is 2.50. The minimum atomic E-state index is 1.12. The van der Waals surface area contributed by atoms with E-state index in [1.165, 1.54) is 82.0 Å². The Morgan fingerprint density at radius 2 is 0.870 bits per heavy atom. The van der Waals surface area contributed by atoms with Gasteiger partial charge in [-0.15, -0.1) is 0 Å².